The highest BCUT2D eigenvalue weighted by Crippen LogP contribution is 2.29. The van der Waals surface area contributed by atoms with Crippen LogP contribution in [0, 0.1) is 0 Å². The van der Waals surface area contributed by atoms with E-state index in [1.54, 1.807) is 24.3 Å². The number of carbonyl (C=O) groups excluding carboxylic acids is 1. The van der Waals surface area contributed by atoms with Crippen LogP contribution < -0.4 is 11.1 Å². The van der Waals surface area contributed by atoms with E-state index in [0.717, 1.165) is 28.8 Å². The fraction of sp³-hybridized carbons (Fsp3) is 0.136. The number of hydrogen-bond donors (Lipinski definition) is 2. The topological polar surface area (TPSA) is 55.1 Å². The predicted octanol–water partition coefficient (Wildman–Crippen LogP) is 4.76. The van der Waals surface area contributed by atoms with Crippen LogP contribution in [0.2, 0.25) is 0 Å². The van der Waals surface area contributed by atoms with Crippen LogP contribution in [-0.2, 0) is 19.3 Å². The zero-order valence-electron chi connectivity index (χ0n) is 15.0. The quantitative estimate of drug-likeness (QED) is 0.644. The van der Waals surface area contributed by atoms with E-state index in [1.165, 1.54) is 6.07 Å². The number of hydrogen-bond acceptors (Lipinski definition) is 2. The van der Waals surface area contributed by atoms with Crippen LogP contribution >= 0.6 is 0 Å². The van der Waals surface area contributed by atoms with Gasteiger partial charge in [0.2, 0.25) is 5.91 Å². The van der Waals surface area contributed by atoms with Gasteiger partial charge in [0, 0.05) is 18.7 Å². The molecule has 0 heterocycles. The summed E-state index contributed by atoms with van der Waals surface area (Å²) in [6.45, 7) is 0.865. The standard InChI is InChI=1S/C22H19F3N2O/c23-22(24,25)20-6-1-3-16(11-20)14-27-13-15-7-9-17(10-8-15)18-4-2-5-19(12-18)21(26)28/h1-12,27H,13-14H2,(H2,26,28). The molecule has 0 saturated carbocycles. The van der Waals surface area contributed by atoms with Gasteiger partial charge < -0.3 is 11.1 Å². The van der Waals surface area contributed by atoms with Gasteiger partial charge in [-0.05, 0) is 40.5 Å². The Morgan fingerprint density at radius 3 is 2.18 bits per heavy atom. The Morgan fingerprint density at radius 2 is 1.50 bits per heavy atom. The van der Waals surface area contributed by atoms with Crippen molar-refractivity contribution >= 4 is 5.91 Å². The van der Waals surface area contributed by atoms with Gasteiger partial charge in [-0.2, -0.15) is 13.2 Å². The van der Waals surface area contributed by atoms with E-state index in [4.69, 9.17) is 5.73 Å². The summed E-state index contributed by atoms with van der Waals surface area (Å²) in [5.74, 6) is -0.475. The SMILES string of the molecule is NC(=O)c1cccc(-c2ccc(CNCc3cccc(C(F)(F)F)c3)cc2)c1. The summed E-state index contributed by atoms with van der Waals surface area (Å²) < 4.78 is 38.3. The molecule has 28 heavy (non-hydrogen) atoms. The number of halogens is 3. The molecule has 3 rings (SSSR count). The van der Waals surface area contributed by atoms with Gasteiger partial charge in [0.05, 0.1) is 5.56 Å². The second-order valence-electron chi connectivity index (χ2n) is 6.44. The van der Waals surface area contributed by atoms with Gasteiger partial charge in [-0.25, -0.2) is 0 Å². The summed E-state index contributed by atoms with van der Waals surface area (Å²) in [7, 11) is 0. The Balaban J connectivity index is 1.61. The molecule has 3 aromatic rings. The van der Waals surface area contributed by atoms with Gasteiger partial charge in [0.25, 0.3) is 0 Å². The fourth-order valence-electron chi connectivity index (χ4n) is 2.88. The fourth-order valence-corrected chi connectivity index (χ4v) is 2.88. The van der Waals surface area contributed by atoms with Crippen molar-refractivity contribution in [1.29, 1.82) is 0 Å². The predicted molar refractivity (Wildman–Crippen MR) is 102 cm³/mol. The summed E-state index contributed by atoms with van der Waals surface area (Å²) in [4.78, 5) is 11.3. The van der Waals surface area contributed by atoms with Crippen molar-refractivity contribution in [3.63, 3.8) is 0 Å². The van der Waals surface area contributed by atoms with E-state index in [-0.39, 0.29) is 0 Å². The molecule has 0 spiro atoms. The van der Waals surface area contributed by atoms with Crippen LogP contribution in [-0.4, -0.2) is 5.91 Å². The lowest BCUT2D eigenvalue weighted by molar-refractivity contribution is -0.137. The molecular weight excluding hydrogens is 365 g/mol. The van der Waals surface area contributed by atoms with Crippen LogP contribution in [0.4, 0.5) is 13.2 Å². The average Bonchev–Trinajstić information content (AvgIpc) is 2.68. The minimum absolute atomic E-state index is 0.340. The van der Waals surface area contributed by atoms with E-state index in [1.807, 2.05) is 30.3 Å². The van der Waals surface area contributed by atoms with E-state index in [2.05, 4.69) is 5.32 Å². The van der Waals surface area contributed by atoms with Crippen molar-refractivity contribution in [2.45, 2.75) is 19.3 Å². The molecule has 0 aromatic heterocycles. The summed E-state index contributed by atoms with van der Waals surface area (Å²) in [6.07, 6.45) is -4.34. The maximum atomic E-state index is 12.8. The zero-order valence-corrected chi connectivity index (χ0v) is 15.0. The second kappa shape index (κ2) is 8.27. The number of nitrogens with two attached hydrogens (primary N) is 1. The van der Waals surface area contributed by atoms with Gasteiger partial charge >= 0.3 is 6.18 Å². The normalized spacial score (nSPS) is 11.4. The molecule has 0 atom stereocenters. The summed E-state index contributed by atoms with van der Waals surface area (Å²) in [5, 5.41) is 3.15. The lowest BCUT2D eigenvalue weighted by atomic mass is 10.0. The van der Waals surface area contributed by atoms with Crippen LogP contribution in [0.5, 0.6) is 0 Å². The van der Waals surface area contributed by atoms with Gasteiger partial charge in [0.15, 0.2) is 0 Å². The van der Waals surface area contributed by atoms with Gasteiger partial charge in [-0.3, -0.25) is 4.79 Å². The number of nitrogens with one attached hydrogen (secondary N) is 1. The van der Waals surface area contributed by atoms with Gasteiger partial charge in [0.1, 0.15) is 0 Å². The highest BCUT2D eigenvalue weighted by molar-refractivity contribution is 5.94. The highest BCUT2D eigenvalue weighted by atomic mass is 19.4. The molecule has 1 amide bonds. The van der Waals surface area contributed by atoms with Crippen LogP contribution in [0.1, 0.15) is 27.0 Å². The molecule has 144 valence electrons. The first-order valence-electron chi connectivity index (χ1n) is 8.69. The molecule has 0 aliphatic carbocycles. The monoisotopic (exact) mass is 384 g/mol. The molecule has 3 nitrogen and oxygen atoms in total. The van der Waals surface area contributed by atoms with Crippen molar-refractivity contribution < 1.29 is 18.0 Å². The van der Waals surface area contributed by atoms with Crippen molar-refractivity contribution in [3.8, 4) is 11.1 Å². The molecule has 0 saturated heterocycles. The van der Waals surface area contributed by atoms with Crippen molar-refractivity contribution in [1.82, 2.24) is 5.32 Å². The Kier molecular flexibility index (Phi) is 5.80. The maximum Gasteiger partial charge on any atom is 0.416 e. The Bertz CT molecular complexity index is 966. The molecule has 0 fully saturated rings. The lowest BCUT2D eigenvalue weighted by Crippen LogP contribution is -2.13. The van der Waals surface area contributed by atoms with E-state index < -0.39 is 17.6 Å². The smallest absolute Gasteiger partial charge is 0.366 e. The van der Waals surface area contributed by atoms with Crippen molar-refractivity contribution in [3.05, 3.63) is 95.1 Å². The number of alkyl halides is 3. The van der Waals surface area contributed by atoms with Crippen LogP contribution in [0.25, 0.3) is 11.1 Å². The van der Waals surface area contributed by atoms with Crippen LogP contribution in [0.15, 0.2) is 72.8 Å². The zero-order chi connectivity index (χ0) is 20.1. The Hall–Kier alpha value is -3.12. The Labute approximate surface area is 161 Å². The largest absolute Gasteiger partial charge is 0.416 e. The third kappa shape index (κ3) is 4.98. The molecule has 3 N–H and O–H groups in total. The molecule has 0 aliphatic rings. The molecule has 3 aromatic carbocycles. The number of rotatable bonds is 6. The third-order valence-electron chi connectivity index (χ3n) is 4.35. The Morgan fingerprint density at radius 1 is 0.821 bits per heavy atom. The van der Waals surface area contributed by atoms with Crippen molar-refractivity contribution in [2.24, 2.45) is 5.73 Å². The second-order valence-corrected chi connectivity index (χ2v) is 6.44. The first-order chi connectivity index (χ1) is 13.3. The minimum atomic E-state index is -4.34. The van der Waals surface area contributed by atoms with Gasteiger partial charge in [-0.1, -0.05) is 54.6 Å². The molecule has 0 unspecified atom stereocenters. The summed E-state index contributed by atoms with van der Waals surface area (Å²) in [5.41, 5.74) is 8.53. The number of amides is 1. The number of primary amides is 1. The van der Waals surface area contributed by atoms with E-state index in [9.17, 15) is 18.0 Å². The summed E-state index contributed by atoms with van der Waals surface area (Å²) in [6, 6.07) is 20.1. The highest BCUT2D eigenvalue weighted by Gasteiger charge is 2.30. The van der Waals surface area contributed by atoms with Crippen LogP contribution in [0.3, 0.4) is 0 Å². The first-order valence-corrected chi connectivity index (χ1v) is 8.69. The molecule has 0 bridgehead atoms. The lowest BCUT2D eigenvalue weighted by Gasteiger charge is -2.10. The first kappa shape index (κ1) is 19.6. The van der Waals surface area contributed by atoms with Crippen molar-refractivity contribution in [2.75, 3.05) is 0 Å². The van der Waals surface area contributed by atoms with Gasteiger partial charge in [-0.15, -0.1) is 0 Å². The summed E-state index contributed by atoms with van der Waals surface area (Å²) >= 11 is 0. The number of benzene rings is 3. The van der Waals surface area contributed by atoms with E-state index in [0.29, 0.717) is 24.2 Å². The minimum Gasteiger partial charge on any atom is -0.366 e. The number of carbonyl (C=O) groups is 1. The van der Waals surface area contributed by atoms with E-state index >= 15 is 0 Å². The average molecular weight is 384 g/mol. The molecular formula is C22H19F3N2O. The molecule has 0 aliphatic heterocycles. The third-order valence-corrected chi connectivity index (χ3v) is 4.35. The molecule has 0 radical (unpaired) electrons. The molecule has 6 heteroatoms. The maximum absolute atomic E-state index is 12.8.